The van der Waals surface area contributed by atoms with Crippen molar-refractivity contribution in [1.29, 1.82) is 0 Å². The van der Waals surface area contributed by atoms with E-state index in [9.17, 15) is 14.7 Å². The molecule has 2 aromatic heterocycles. The van der Waals surface area contributed by atoms with E-state index in [1.54, 1.807) is 12.4 Å². The summed E-state index contributed by atoms with van der Waals surface area (Å²) in [6.07, 6.45) is 3.61. The summed E-state index contributed by atoms with van der Waals surface area (Å²) in [5.41, 5.74) is 1.25. The zero-order valence-corrected chi connectivity index (χ0v) is 14.5. The van der Waals surface area contributed by atoms with Crippen molar-refractivity contribution in [1.82, 2.24) is 15.2 Å². The number of hydrogen-bond donors (Lipinski definition) is 3. The van der Waals surface area contributed by atoms with Crippen LogP contribution in [0, 0.1) is 0 Å². The molecule has 25 heavy (non-hydrogen) atoms. The van der Waals surface area contributed by atoms with Crippen LogP contribution in [-0.4, -0.2) is 45.2 Å². The third-order valence-corrected chi connectivity index (χ3v) is 6.01. The summed E-state index contributed by atoms with van der Waals surface area (Å²) in [5, 5.41) is 15.8. The molecule has 3 N–H and O–H groups in total. The monoisotopic (exact) mass is 358 g/mol. The van der Waals surface area contributed by atoms with Gasteiger partial charge in [0.05, 0.1) is 5.69 Å². The summed E-state index contributed by atoms with van der Waals surface area (Å²) in [6.45, 7) is 2.26. The third kappa shape index (κ3) is 2.72. The number of piperidine rings is 1. The number of pyridine rings is 1. The number of rotatable bonds is 1. The average Bonchev–Trinajstić information content (AvgIpc) is 2.99. The second-order valence-electron chi connectivity index (χ2n) is 6.53. The van der Waals surface area contributed by atoms with Crippen molar-refractivity contribution in [3.05, 3.63) is 35.5 Å². The van der Waals surface area contributed by atoms with Crippen LogP contribution in [0.4, 0.5) is 10.5 Å². The summed E-state index contributed by atoms with van der Waals surface area (Å²) in [5.74, 6) is -0.102. The lowest BCUT2D eigenvalue weighted by atomic mass is 9.89. The Labute approximate surface area is 148 Å². The van der Waals surface area contributed by atoms with E-state index in [-0.39, 0.29) is 11.9 Å². The summed E-state index contributed by atoms with van der Waals surface area (Å²) < 4.78 is 0. The number of carbonyl (C=O) groups is 2. The number of fused-ring (bicyclic) bond motifs is 1. The molecule has 2 aliphatic rings. The molecular formula is C17H18N4O3S. The highest BCUT2D eigenvalue weighted by atomic mass is 32.1. The van der Waals surface area contributed by atoms with E-state index in [0.717, 1.165) is 16.1 Å². The summed E-state index contributed by atoms with van der Waals surface area (Å²) in [6, 6.07) is 5.65. The zero-order valence-electron chi connectivity index (χ0n) is 13.7. The van der Waals surface area contributed by atoms with Crippen LogP contribution >= 0.6 is 11.3 Å². The molecule has 0 bridgehead atoms. The molecule has 0 radical (unpaired) electrons. The van der Waals surface area contributed by atoms with E-state index in [1.807, 2.05) is 25.1 Å². The summed E-state index contributed by atoms with van der Waals surface area (Å²) in [4.78, 5) is 31.0. The average molecular weight is 358 g/mol. The SMILES string of the molecule is CC1CC2(CCN1C(=O)O)NC(=O)c1sc(-c3ccncc3)cc1N2. The lowest BCUT2D eigenvalue weighted by molar-refractivity contribution is 0.0703. The standard InChI is InChI=1S/C17H18N4O3S/c1-10-9-17(4-7-21(10)16(23)24)19-12-8-13(11-2-5-18-6-3-11)25-14(12)15(22)20-17/h2-3,5-6,8,10,19H,4,7,9H2,1H3,(H,20,22)(H,23,24). The minimum atomic E-state index is -0.916. The fraction of sp³-hybridized carbons (Fsp3) is 0.353. The molecule has 2 aliphatic heterocycles. The van der Waals surface area contributed by atoms with Gasteiger partial charge < -0.3 is 20.6 Å². The first-order valence-corrected chi connectivity index (χ1v) is 8.94. The number of nitrogens with zero attached hydrogens (tertiary/aromatic N) is 2. The van der Waals surface area contributed by atoms with Crippen LogP contribution in [0.15, 0.2) is 30.6 Å². The summed E-state index contributed by atoms with van der Waals surface area (Å²) >= 11 is 1.44. The molecule has 0 aliphatic carbocycles. The number of nitrogens with one attached hydrogen (secondary N) is 2. The molecule has 1 saturated heterocycles. The number of likely N-dealkylation sites (tertiary alicyclic amines) is 1. The highest BCUT2D eigenvalue weighted by molar-refractivity contribution is 7.18. The molecule has 0 saturated carbocycles. The molecule has 8 heteroatoms. The first-order valence-electron chi connectivity index (χ1n) is 8.12. The topological polar surface area (TPSA) is 94.6 Å². The Morgan fingerprint density at radius 3 is 2.84 bits per heavy atom. The number of carboxylic acid groups (broad SMARTS) is 1. The van der Waals surface area contributed by atoms with Gasteiger partial charge in [0.2, 0.25) is 0 Å². The quantitative estimate of drug-likeness (QED) is 0.729. The fourth-order valence-corrected chi connectivity index (χ4v) is 4.65. The molecule has 4 rings (SSSR count). The molecule has 130 valence electrons. The van der Waals surface area contributed by atoms with Crippen molar-refractivity contribution in [2.45, 2.75) is 31.5 Å². The first kappa shape index (κ1) is 15.9. The van der Waals surface area contributed by atoms with E-state index in [4.69, 9.17) is 0 Å². The predicted molar refractivity (Wildman–Crippen MR) is 94.8 cm³/mol. The molecule has 2 unspecified atom stereocenters. The van der Waals surface area contributed by atoms with Gasteiger partial charge in [0.15, 0.2) is 0 Å². The number of hydrogen-bond acceptors (Lipinski definition) is 5. The number of amides is 2. The lowest BCUT2D eigenvalue weighted by Gasteiger charge is -2.47. The van der Waals surface area contributed by atoms with Crippen LogP contribution in [0.2, 0.25) is 0 Å². The molecule has 1 spiro atoms. The highest BCUT2D eigenvalue weighted by Gasteiger charge is 2.44. The van der Waals surface area contributed by atoms with Crippen LogP contribution in [0.5, 0.6) is 0 Å². The third-order valence-electron chi connectivity index (χ3n) is 4.83. The number of anilines is 1. The molecule has 2 aromatic rings. The minimum absolute atomic E-state index is 0.102. The first-order chi connectivity index (χ1) is 12.0. The molecule has 4 heterocycles. The van der Waals surface area contributed by atoms with Crippen LogP contribution in [-0.2, 0) is 0 Å². The largest absolute Gasteiger partial charge is 0.465 e. The van der Waals surface area contributed by atoms with Crippen LogP contribution in [0.25, 0.3) is 10.4 Å². The van der Waals surface area contributed by atoms with E-state index in [1.165, 1.54) is 16.2 Å². The Morgan fingerprint density at radius 1 is 1.40 bits per heavy atom. The second kappa shape index (κ2) is 5.73. The van der Waals surface area contributed by atoms with Gasteiger partial charge in [0.1, 0.15) is 10.5 Å². The molecule has 1 fully saturated rings. The van der Waals surface area contributed by atoms with E-state index >= 15 is 0 Å². The van der Waals surface area contributed by atoms with Crippen molar-refractivity contribution < 1.29 is 14.7 Å². The Hall–Kier alpha value is -2.61. The molecule has 7 nitrogen and oxygen atoms in total. The van der Waals surface area contributed by atoms with Crippen molar-refractivity contribution in [2.75, 3.05) is 11.9 Å². The number of thiophene rings is 1. The van der Waals surface area contributed by atoms with E-state index in [2.05, 4.69) is 15.6 Å². The van der Waals surface area contributed by atoms with Gasteiger partial charge in [0, 0.05) is 42.7 Å². The van der Waals surface area contributed by atoms with Gasteiger partial charge in [0.25, 0.3) is 5.91 Å². The van der Waals surface area contributed by atoms with Crippen LogP contribution in [0.1, 0.15) is 29.4 Å². The molecule has 2 amide bonds. The Kier molecular flexibility index (Phi) is 3.64. The molecule has 0 aromatic carbocycles. The van der Waals surface area contributed by atoms with E-state index < -0.39 is 11.8 Å². The smallest absolute Gasteiger partial charge is 0.407 e. The summed E-state index contributed by atoms with van der Waals surface area (Å²) in [7, 11) is 0. The fourth-order valence-electron chi connectivity index (χ4n) is 3.63. The van der Waals surface area contributed by atoms with Gasteiger partial charge in [-0.25, -0.2) is 4.79 Å². The van der Waals surface area contributed by atoms with Gasteiger partial charge in [-0.2, -0.15) is 0 Å². The van der Waals surface area contributed by atoms with Gasteiger partial charge >= 0.3 is 6.09 Å². The van der Waals surface area contributed by atoms with Crippen molar-refractivity contribution in [2.24, 2.45) is 0 Å². The second-order valence-corrected chi connectivity index (χ2v) is 7.58. The van der Waals surface area contributed by atoms with Crippen molar-refractivity contribution in [3.63, 3.8) is 0 Å². The maximum atomic E-state index is 12.6. The Bertz CT molecular complexity index is 838. The van der Waals surface area contributed by atoms with Crippen molar-refractivity contribution >= 4 is 29.0 Å². The van der Waals surface area contributed by atoms with Gasteiger partial charge in [-0.3, -0.25) is 9.78 Å². The van der Waals surface area contributed by atoms with Crippen molar-refractivity contribution in [3.8, 4) is 10.4 Å². The van der Waals surface area contributed by atoms with Crippen LogP contribution in [0.3, 0.4) is 0 Å². The highest BCUT2D eigenvalue weighted by Crippen LogP contribution is 2.40. The maximum absolute atomic E-state index is 12.6. The van der Waals surface area contributed by atoms with Gasteiger partial charge in [-0.15, -0.1) is 11.3 Å². The van der Waals surface area contributed by atoms with Crippen LogP contribution < -0.4 is 10.6 Å². The minimum Gasteiger partial charge on any atom is -0.465 e. The zero-order chi connectivity index (χ0) is 17.6. The Morgan fingerprint density at radius 2 is 2.16 bits per heavy atom. The van der Waals surface area contributed by atoms with E-state index in [0.29, 0.717) is 24.3 Å². The Balaban J connectivity index is 1.63. The molecular weight excluding hydrogens is 340 g/mol. The number of carbonyl (C=O) groups excluding carboxylic acids is 1. The lowest BCUT2D eigenvalue weighted by Crippen LogP contribution is -2.64. The van der Waals surface area contributed by atoms with Gasteiger partial charge in [-0.1, -0.05) is 0 Å². The molecule has 2 atom stereocenters. The van der Waals surface area contributed by atoms with Gasteiger partial charge in [-0.05, 0) is 30.7 Å². The maximum Gasteiger partial charge on any atom is 0.407 e. The normalized spacial score (nSPS) is 25.2. The predicted octanol–water partition coefficient (Wildman–Crippen LogP) is 2.82. The number of aromatic nitrogens is 1.